The van der Waals surface area contributed by atoms with Crippen molar-refractivity contribution in [2.75, 3.05) is 0 Å². The van der Waals surface area contributed by atoms with Crippen molar-refractivity contribution >= 4 is 34.8 Å². The summed E-state index contributed by atoms with van der Waals surface area (Å²) in [5.74, 6) is -1.56. The predicted octanol–water partition coefficient (Wildman–Crippen LogP) is 1.99. The summed E-state index contributed by atoms with van der Waals surface area (Å²) >= 11 is 6.92. The maximum absolute atomic E-state index is 11.6. The third-order valence-corrected chi connectivity index (χ3v) is 3.12. The van der Waals surface area contributed by atoms with E-state index in [9.17, 15) is 9.59 Å². The summed E-state index contributed by atoms with van der Waals surface area (Å²) in [7, 11) is 0. The third kappa shape index (κ3) is 2.70. The number of hydrogen-bond donors (Lipinski definition) is 2. The number of halogens is 1. The van der Waals surface area contributed by atoms with Crippen LogP contribution in [0, 0.1) is 0 Å². The van der Waals surface area contributed by atoms with Crippen LogP contribution < -0.4 is 5.32 Å². The number of amides is 1. The number of aliphatic carboxylic acids is 1. The Hall–Kier alpha value is -1.07. The van der Waals surface area contributed by atoms with Gasteiger partial charge in [-0.3, -0.25) is 4.79 Å². The molecule has 1 amide bonds. The number of carboxylic acids is 1. The van der Waals surface area contributed by atoms with Crippen LogP contribution in [-0.2, 0) is 4.79 Å². The summed E-state index contributed by atoms with van der Waals surface area (Å²) in [4.78, 5) is 22.7. The zero-order chi connectivity index (χ0) is 11.6. The highest BCUT2D eigenvalue weighted by Gasteiger charge is 2.30. The van der Waals surface area contributed by atoms with Crippen molar-refractivity contribution in [1.29, 1.82) is 0 Å². The van der Waals surface area contributed by atoms with Crippen LogP contribution in [0.25, 0.3) is 0 Å². The van der Waals surface area contributed by atoms with Crippen LogP contribution in [0.3, 0.4) is 0 Å². The van der Waals surface area contributed by atoms with Gasteiger partial charge in [0, 0.05) is 0 Å². The Balaban J connectivity index is 2.81. The highest BCUT2D eigenvalue weighted by molar-refractivity contribution is 7.12. The number of carbonyl (C=O) groups is 2. The largest absolute Gasteiger partial charge is 0.480 e. The quantitative estimate of drug-likeness (QED) is 0.859. The Labute approximate surface area is 95.9 Å². The van der Waals surface area contributed by atoms with E-state index in [4.69, 9.17) is 16.7 Å². The normalized spacial score (nSPS) is 11.1. The van der Waals surface area contributed by atoms with Gasteiger partial charge in [0.05, 0.1) is 5.02 Å². The molecule has 0 saturated heterocycles. The van der Waals surface area contributed by atoms with Gasteiger partial charge >= 0.3 is 5.97 Å². The van der Waals surface area contributed by atoms with Crippen molar-refractivity contribution < 1.29 is 14.7 Å². The maximum Gasteiger partial charge on any atom is 0.328 e. The molecule has 1 aromatic heterocycles. The van der Waals surface area contributed by atoms with Gasteiger partial charge in [0.2, 0.25) is 0 Å². The molecule has 0 aliphatic rings. The number of rotatable bonds is 3. The lowest BCUT2D eigenvalue weighted by Gasteiger charge is -2.20. The van der Waals surface area contributed by atoms with Crippen LogP contribution in [0.5, 0.6) is 0 Å². The molecule has 1 rings (SSSR count). The molecule has 0 aliphatic heterocycles. The highest BCUT2D eigenvalue weighted by Crippen LogP contribution is 2.22. The Morgan fingerprint density at radius 3 is 2.53 bits per heavy atom. The minimum atomic E-state index is -1.30. The van der Waals surface area contributed by atoms with Crippen LogP contribution in [0.2, 0.25) is 5.02 Å². The molecule has 0 bridgehead atoms. The van der Waals surface area contributed by atoms with E-state index >= 15 is 0 Å². The SMILES string of the molecule is CC(C)(NC(=O)c1sccc1Cl)C(=O)O. The summed E-state index contributed by atoms with van der Waals surface area (Å²) in [6.45, 7) is 2.82. The van der Waals surface area contributed by atoms with Crippen LogP contribution >= 0.6 is 22.9 Å². The van der Waals surface area contributed by atoms with Crippen molar-refractivity contribution in [2.24, 2.45) is 0 Å². The van der Waals surface area contributed by atoms with Crippen molar-refractivity contribution in [3.63, 3.8) is 0 Å². The van der Waals surface area contributed by atoms with Gasteiger partial charge in [-0.25, -0.2) is 4.79 Å². The summed E-state index contributed by atoms with van der Waals surface area (Å²) < 4.78 is 0. The molecule has 0 aromatic carbocycles. The standard InChI is InChI=1S/C9H10ClNO3S/c1-9(2,8(13)14)11-7(12)6-5(10)3-4-15-6/h3-4H,1-2H3,(H,11,12)(H,13,14). The number of carbonyl (C=O) groups excluding carboxylic acids is 1. The molecule has 4 nitrogen and oxygen atoms in total. The maximum atomic E-state index is 11.6. The molecule has 0 spiro atoms. The number of carboxylic acid groups (broad SMARTS) is 1. The fourth-order valence-corrected chi connectivity index (χ4v) is 1.89. The lowest BCUT2D eigenvalue weighted by Crippen LogP contribution is -2.49. The zero-order valence-electron chi connectivity index (χ0n) is 8.20. The van der Waals surface area contributed by atoms with Crippen molar-refractivity contribution in [2.45, 2.75) is 19.4 Å². The van der Waals surface area contributed by atoms with Crippen LogP contribution in [0.15, 0.2) is 11.4 Å². The van der Waals surface area contributed by atoms with E-state index in [2.05, 4.69) is 5.32 Å². The minimum Gasteiger partial charge on any atom is -0.480 e. The second-order valence-electron chi connectivity index (χ2n) is 3.48. The minimum absolute atomic E-state index is 0.325. The fourth-order valence-electron chi connectivity index (χ4n) is 0.850. The molecule has 1 aromatic rings. The van der Waals surface area contributed by atoms with Gasteiger partial charge in [-0.2, -0.15) is 0 Å². The van der Waals surface area contributed by atoms with Gasteiger partial charge in [0.25, 0.3) is 5.91 Å². The molecule has 0 fully saturated rings. The average molecular weight is 248 g/mol. The Morgan fingerprint density at radius 1 is 1.53 bits per heavy atom. The van der Waals surface area contributed by atoms with E-state index in [1.165, 1.54) is 25.2 Å². The lowest BCUT2D eigenvalue weighted by atomic mass is 10.1. The van der Waals surface area contributed by atoms with E-state index < -0.39 is 17.4 Å². The van der Waals surface area contributed by atoms with E-state index in [0.29, 0.717) is 9.90 Å². The number of thiophene rings is 1. The van der Waals surface area contributed by atoms with Gasteiger partial charge in [0.15, 0.2) is 0 Å². The monoisotopic (exact) mass is 247 g/mol. The first kappa shape index (κ1) is 12.0. The Bertz CT molecular complexity index is 400. The second-order valence-corrected chi connectivity index (χ2v) is 4.81. The van der Waals surface area contributed by atoms with Crippen LogP contribution in [0.1, 0.15) is 23.5 Å². The van der Waals surface area contributed by atoms with Gasteiger partial charge in [-0.05, 0) is 25.3 Å². The molecular weight excluding hydrogens is 238 g/mol. The zero-order valence-corrected chi connectivity index (χ0v) is 9.78. The van der Waals surface area contributed by atoms with Crippen LogP contribution in [0.4, 0.5) is 0 Å². The first-order valence-corrected chi connectivity index (χ1v) is 5.39. The Morgan fingerprint density at radius 2 is 2.13 bits per heavy atom. The topological polar surface area (TPSA) is 66.4 Å². The molecule has 0 aliphatic carbocycles. The fraction of sp³-hybridized carbons (Fsp3) is 0.333. The van der Waals surface area contributed by atoms with E-state index in [1.54, 1.807) is 11.4 Å². The summed E-state index contributed by atoms with van der Waals surface area (Å²) in [5.41, 5.74) is -1.30. The van der Waals surface area contributed by atoms with Gasteiger partial charge in [-0.15, -0.1) is 11.3 Å². The number of nitrogens with one attached hydrogen (secondary N) is 1. The molecule has 2 N–H and O–H groups in total. The second kappa shape index (κ2) is 4.20. The first-order chi connectivity index (χ1) is 6.84. The molecule has 1 heterocycles. The summed E-state index contributed by atoms with van der Waals surface area (Å²) in [6.07, 6.45) is 0. The molecular formula is C9H10ClNO3S. The van der Waals surface area contributed by atoms with Crippen molar-refractivity contribution in [3.8, 4) is 0 Å². The Kier molecular flexibility index (Phi) is 3.36. The first-order valence-electron chi connectivity index (χ1n) is 4.13. The summed E-state index contributed by atoms with van der Waals surface area (Å²) in [6, 6.07) is 1.59. The van der Waals surface area contributed by atoms with Crippen molar-refractivity contribution in [1.82, 2.24) is 5.32 Å². The van der Waals surface area contributed by atoms with Crippen molar-refractivity contribution in [3.05, 3.63) is 21.3 Å². The molecule has 6 heteroatoms. The molecule has 0 radical (unpaired) electrons. The average Bonchev–Trinajstić information content (AvgIpc) is 2.50. The van der Waals surface area contributed by atoms with Gasteiger partial charge in [0.1, 0.15) is 10.4 Å². The predicted molar refractivity (Wildman–Crippen MR) is 58.5 cm³/mol. The van der Waals surface area contributed by atoms with E-state index in [1.807, 2.05) is 0 Å². The molecule has 0 saturated carbocycles. The molecule has 0 unspecified atom stereocenters. The molecule has 15 heavy (non-hydrogen) atoms. The smallest absolute Gasteiger partial charge is 0.328 e. The number of hydrogen-bond acceptors (Lipinski definition) is 3. The van der Waals surface area contributed by atoms with Gasteiger partial charge in [-0.1, -0.05) is 11.6 Å². The highest BCUT2D eigenvalue weighted by atomic mass is 35.5. The van der Waals surface area contributed by atoms with Crippen LogP contribution in [-0.4, -0.2) is 22.5 Å². The third-order valence-electron chi connectivity index (χ3n) is 1.78. The van der Waals surface area contributed by atoms with E-state index in [0.717, 1.165) is 0 Å². The van der Waals surface area contributed by atoms with E-state index in [-0.39, 0.29) is 0 Å². The lowest BCUT2D eigenvalue weighted by molar-refractivity contribution is -0.143. The van der Waals surface area contributed by atoms with Gasteiger partial charge < -0.3 is 10.4 Å². The summed E-state index contributed by atoms with van der Waals surface area (Å²) in [5, 5.41) is 13.2. The molecule has 82 valence electrons. The molecule has 0 atom stereocenters.